The lowest BCUT2D eigenvalue weighted by Crippen LogP contribution is -2.65. The van der Waals surface area contributed by atoms with Gasteiger partial charge in [-0.2, -0.15) is 0 Å². The fourth-order valence-corrected chi connectivity index (χ4v) is 13.1. The van der Waals surface area contributed by atoms with Gasteiger partial charge in [-0.3, -0.25) is 4.79 Å². The van der Waals surface area contributed by atoms with Crippen LogP contribution in [0.25, 0.3) is 0 Å². The Kier molecular flexibility index (Phi) is 7.76. The molecule has 8 atom stereocenters. The Hall–Kier alpha value is -0.613. The summed E-state index contributed by atoms with van der Waals surface area (Å²) in [7, 11) is -1.84. The van der Waals surface area contributed by atoms with Gasteiger partial charge in [0.05, 0.1) is 12.7 Å². The maximum absolute atomic E-state index is 12.0. The van der Waals surface area contributed by atoms with Crippen LogP contribution < -0.4 is 0 Å². The van der Waals surface area contributed by atoms with Crippen molar-refractivity contribution in [3.05, 3.63) is 11.6 Å². The largest absolute Gasteiger partial charge is 0.465 e. The van der Waals surface area contributed by atoms with Gasteiger partial charge in [0.15, 0.2) is 8.32 Å². The SMILES string of the molecule is CC(=O)OC[C@]12CCC(C)(C)C[C@H]1C1=CC[C@@H]3[C@@]4(C)CC[C@H](O[Si](C)(C)C(C)(C)C)C(C)(C)[C@@H]4CC[C@@]3(C)[C@]1(C)CC2. The summed E-state index contributed by atoms with van der Waals surface area (Å²) in [5.74, 6) is 1.83. The zero-order chi connectivity index (χ0) is 31.4. The van der Waals surface area contributed by atoms with Gasteiger partial charge in [0.25, 0.3) is 0 Å². The minimum atomic E-state index is -1.84. The normalized spacial score (nSPS) is 44.5. The van der Waals surface area contributed by atoms with E-state index < -0.39 is 8.32 Å². The van der Waals surface area contributed by atoms with E-state index in [1.807, 2.05) is 0 Å². The van der Waals surface area contributed by atoms with Gasteiger partial charge in [-0.05, 0) is 127 Å². The molecule has 42 heavy (non-hydrogen) atoms. The first-order valence-electron chi connectivity index (χ1n) is 17.6. The van der Waals surface area contributed by atoms with Crippen LogP contribution in [0.5, 0.6) is 0 Å². The fourth-order valence-electron chi connectivity index (χ4n) is 11.6. The number of fused-ring (bicyclic) bond motifs is 7. The zero-order valence-electron chi connectivity index (χ0n) is 29.9. The molecular weight excluding hydrogens is 533 g/mol. The van der Waals surface area contributed by atoms with Crippen LogP contribution in [0, 0.1) is 50.2 Å². The Morgan fingerprint density at radius 3 is 2.17 bits per heavy atom. The van der Waals surface area contributed by atoms with Gasteiger partial charge < -0.3 is 9.16 Å². The van der Waals surface area contributed by atoms with Crippen molar-refractivity contribution in [2.24, 2.45) is 50.2 Å². The third-order valence-corrected chi connectivity index (χ3v) is 20.0. The van der Waals surface area contributed by atoms with E-state index in [2.05, 4.69) is 88.4 Å². The lowest BCUT2D eigenvalue weighted by atomic mass is 9.33. The molecule has 0 aromatic heterocycles. The Bertz CT molecular complexity index is 1110. The van der Waals surface area contributed by atoms with Gasteiger partial charge in [-0.25, -0.2) is 0 Å². The lowest BCUT2D eigenvalue weighted by molar-refractivity contribution is -0.203. The summed E-state index contributed by atoms with van der Waals surface area (Å²) in [6, 6.07) is 0. The van der Waals surface area contributed by atoms with E-state index in [1.165, 1.54) is 64.2 Å². The van der Waals surface area contributed by atoms with Crippen LogP contribution >= 0.6 is 0 Å². The van der Waals surface area contributed by atoms with Gasteiger partial charge in [0, 0.05) is 12.3 Å². The summed E-state index contributed by atoms with van der Waals surface area (Å²) >= 11 is 0. The van der Waals surface area contributed by atoms with Crippen molar-refractivity contribution >= 4 is 14.3 Å². The third-order valence-electron chi connectivity index (χ3n) is 15.6. The molecule has 0 aromatic carbocycles. The molecule has 5 aliphatic carbocycles. The molecule has 0 spiro atoms. The lowest BCUT2D eigenvalue weighted by Gasteiger charge is -2.71. The summed E-state index contributed by atoms with van der Waals surface area (Å²) in [4.78, 5) is 12.0. The summed E-state index contributed by atoms with van der Waals surface area (Å²) in [6.45, 7) is 32.4. The summed E-state index contributed by atoms with van der Waals surface area (Å²) in [5.41, 5.74) is 3.28. The van der Waals surface area contributed by atoms with Crippen molar-refractivity contribution in [1.29, 1.82) is 0 Å². The van der Waals surface area contributed by atoms with Crippen molar-refractivity contribution in [2.75, 3.05) is 6.61 Å². The highest BCUT2D eigenvalue weighted by atomic mass is 28.4. The third kappa shape index (κ3) is 4.76. The molecule has 3 nitrogen and oxygen atoms in total. The van der Waals surface area contributed by atoms with Crippen LogP contribution in [-0.2, 0) is 14.0 Å². The van der Waals surface area contributed by atoms with Crippen molar-refractivity contribution in [3.63, 3.8) is 0 Å². The monoisotopic (exact) mass is 598 g/mol. The Morgan fingerprint density at radius 1 is 0.905 bits per heavy atom. The van der Waals surface area contributed by atoms with Crippen LogP contribution in [-0.4, -0.2) is 27.0 Å². The maximum Gasteiger partial charge on any atom is 0.302 e. The van der Waals surface area contributed by atoms with Gasteiger partial charge in [-0.1, -0.05) is 80.9 Å². The summed E-state index contributed by atoms with van der Waals surface area (Å²) in [6.07, 6.45) is 15.6. The van der Waals surface area contributed by atoms with Crippen molar-refractivity contribution in [1.82, 2.24) is 0 Å². The quantitative estimate of drug-likeness (QED) is 0.183. The standard InChI is InChI=1S/C38H66O3Si/c1-26(39)40-25-38-22-20-33(5,6)24-28(38)27-14-15-30-35(9)18-17-31(41-42(12,13)32(2,3)4)34(7,8)29(35)16-19-37(30,11)36(27,10)21-23-38/h14,28-31H,15-25H2,1-13H3/t28-,29-,30+,31-,35-,36+,37+,38+/m0/s1. The number of esters is 1. The minimum absolute atomic E-state index is 0.118. The maximum atomic E-state index is 12.0. The molecule has 5 rings (SSSR count). The molecule has 0 radical (unpaired) electrons. The highest BCUT2D eigenvalue weighted by Crippen LogP contribution is 2.76. The van der Waals surface area contributed by atoms with Crippen molar-refractivity contribution < 1.29 is 14.0 Å². The van der Waals surface area contributed by atoms with Crippen LogP contribution in [0.4, 0.5) is 0 Å². The van der Waals surface area contributed by atoms with Crippen LogP contribution in [0.1, 0.15) is 140 Å². The summed E-state index contributed by atoms with van der Waals surface area (Å²) < 4.78 is 13.1. The minimum Gasteiger partial charge on any atom is -0.465 e. The molecule has 0 unspecified atom stereocenters. The highest BCUT2D eigenvalue weighted by molar-refractivity contribution is 6.74. The van der Waals surface area contributed by atoms with Crippen LogP contribution in [0.15, 0.2) is 11.6 Å². The molecule has 0 aliphatic heterocycles. The van der Waals surface area contributed by atoms with Crippen LogP contribution in [0.2, 0.25) is 18.1 Å². The van der Waals surface area contributed by atoms with Crippen molar-refractivity contribution in [3.8, 4) is 0 Å². The first kappa shape index (κ1) is 32.8. The molecular formula is C38H66O3Si. The summed E-state index contributed by atoms with van der Waals surface area (Å²) in [5, 5.41) is 0.244. The van der Waals surface area contributed by atoms with E-state index in [4.69, 9.17) is 9.16 Å². The van der Waals surface area contributed by atoms with E-state index in [-0.39, 0.29) is 27.3 Å². The van der Waals surface area contributed by atoms with E-state index in [0.717, 1.165) is 0 Å². The first-order chi connectivity index (χ1) is 19.0. The van der Waals surface area contributed by atoms with E-state index in [0.29, 0.717) is 46.7 Å². The molecule has 0 heterocycles. The number of carbonyl (C=O) groups excluding carboxylic acids is 1. The number of ether oxygens (including phenoxy) is 1. The van der Waals surface area contributed by atoms with Gasteiger partial charge in [-0.15, -0.1) is 0 Å². The Labute approximate surface area is 260 Å². The number of allylic oxidation sites excluding steroid dienone is 2. The molecule has 4 heteroatoms. The Morgan fingerprint density at radius 2 is 1.55 bits per heavy atom. The molecule has 0 saturated heterocycles. The zero-order valence-corrected chi connectivity index (χ0v) is 30.9. The molecule has 0 amide bonds. The number of hydrogen-bond donors (Lipinski definition) is 0. The van der Waals surface area contributed by atoms with Gasteiger partial charge in [0.2, 0.25) is 0 Å². The second-order valence-corrected chi connectivity index (χ2v) is 24.3. The van der Waals surface area contributed by atoms with E-state index in [1.54, 1.807) is 12.5 Å². The van der Waals surface area contributed by atoms with Crippen molar-refractivity contribution in [2.45, 2.75) is 165 Å². The molecule has 240 valence electrons. The predicted octanol–water partition coefficient (Wildman–Crippen LogP) is 10.7. The number of hydrogen-bond acceptors (Lipinski definition) is 3. The fraction of sp³-hybridized carbons (Fsp3) is 0.921. The van der Waals surface area contributed by atoms with Crippen LogP contribution in [0.3, 0.4) is 0 Å². The molecule has 4 fully saturated rings. The van der Waals surface area contributed by atoms with E-state index >= 15 is 0 Å². The average Bonchev–Trinajstić information content (AvgIpc) is 2.84. The highest BCUT2D eigenvalue weighted by Gasteiger charge is 2.68. The van der Waals surface area contributed by atoms with E-state index in [9.17, 15) is 4.79 Å². The van der Waals surface area contributed by atoms with Gasteiger partial charge in [0.1, 0.15) is 0 Å². The second kappa shape index (κ2) is 9.94. The topological polar surface area (TPSA) is 35.5 Å². The molecule has 4 saturated carbocycles. The van der Waals surface area contributed by atoms with Gasteiger partial charge >= 0.3 is 5.97 Å². The smallest absolute Gasteiger partial charge is 0.302 e. The first-order valence-corrected chi connectivity index (χ1v) is 20.5. The molecule has 0 aromatic rings. The average molecular weight is 599 g/mol. The second-order valence-electron chi connectivity index (χ2n) is 19.6. The number of rotatable bonds is 4. The molecule has 0 bridgehead atoms. The Balaban J connectivity index is 1.49. The molecule has 0 N–H and O–H groups in total. The molecule has 5 aliphatic rings. The predicted molar refractivity (Wildman–Crippen MR) is 178 cm³/mol. The number of carbonyl (C=O) groups is 1.